The molecule has 0 fully saturated rings. The first-order valence-corrected chi connectivity index (χ1v) is 12.6. The average Bonchev–Trinajstić information content (AvgIpc) is 2.82. The first-order chi connectivity index (χ1) is 15.4. The van der Waals surface area contributed by atoms with E-state index in [1.807, 2.05) is 20.8 Å². The molecule has 6 heteroatoms. The topological polar surface area (TPSA) is 23.1 Å². The van der Waals surface area contributed by atoms with Crippen molar-refractivity contribution >= 4 is 69.0 Å². The van der Waals surface area contributed by atoms with Crippen LogP contribution >= 0.6 is 7.26 Å². The van der Waals surface area contributed by atoms with E-state index in [2.05, 4.69) is 128 Å². The quantitative estimate of drug-likeness (QED) is 0.173. The molecule has 4 aromatic rings. The summed E-state index contributed by atoms with van der Waals surface area (Å²) in [4.78, 5) is 0. The maximum absolute atomic E-state index is 10.4. The standard InChI is InChI=1S/C24H20P.C6H12O.Mo.3S/c1-5-13-21(14-6-1)25(22-15-7-2-8-16-22,23-17-9-3-10-18-23)24-19-11-4-12-20-24;1-5(7)6(2,3)4;;;;/h1-20H;7H,1H2,2-4H3;;;;/q+1;;;3*-2/p-1. The molecule has 0 atom stereocenters. The van der Waals surface area contributed by atoms with E-state index in [-0.39, 0.29) is 72.7 Å². The van der Waals surface area contributed by atoms with E-state index in [0.717, 1.165) is 0 Å². The Hall–Kier alpha value is -1.41. The summed E-state index contributed by atoms with van der Waals surface area (Å²) in [7, 11) is -1.91. The molecule has 4 aromatic carbocycles. The zero-order valence-corrected chi connectivity index (χ0v) is 26.1. The first kappa shape index (κ1) is 36.7. The van der Waals surface area contributed by atoms with Crippen molar-refractivity contribution in [3.8, 4) is 0 Å². The summed E-state index contributed by atoms with van der Waals surface area (Å²) in [6.07, 6.45) is 0. The minimum atomic E-state index is -1.91. The third-order valence-electron chi connectivity index (χ3n) is 5.41. The van der Waals surface area contributed by atoms with Crippen LogP contribution in [0.3, 0.4) is 0 Å². The summed E-state index contributed by atoms with van der Waals surface area (Å²) < 4.78 is 0. The zero-order valence-electron chi connectivity index (χ0n) is 20.7. The molecule has 0 aliphatic heterocycles. The van der Waals surface area contributed by atoms with Gasteiger partial charge in [0.15, 0.2) is 0 Å². The second-order valence-electron chi connectivity index (χ2n) is 8.69. The molecule has 0 aliphatic rings. The molecule has 0 aliphatic carbocycles. The van der Waals surface area contributed by atoms with Crippen LogP contribution in [0.15, 0.2) is 134 Å². The van der Waals surface area contributed by atoms with E-state index >= 15 is 0 Å². The van der Waals surface area contributed by atoms with E-state index in [9.17, 15) is 5.11 Å². The molecule has 0 saturated heterocycles. The molecule has 192 valence electrons. The predicted molar refractivity (Wildman–Crippen MR) is 162 cm³/mol. The monoisotopic (exact) mass is 632 g/mol. The van der Waals surface area contributed by atoms with Crippen molar-refractivity contribution in [1.82, 2.24) is 0 Å². The fourth-order valence-corrected chi connectivity index (χ4v) is 7.77. The number of allylic oxidation sites excluding steroid dienone is 1. The van der Waals surface area contributed by atoms with Crippen LogP contribution in [0.4, 0.5) is 0 Å². The molecule has 0 unspecified atom stereocenters. The fourth-order valence-electron chi connectivity index (χ4n) is 3.50. The number of hydrogen-bond acceptors (Lipinski definition) is 1. The first-order valence-electron chi connectivity index (χ1n) is 10.8. The molecule has 4 rings (SSSR count). The summed E-state index contributed by atoms with van der Waals surface area (Å²) >= 11 is 0. The Morgan fingerprint density at radius 1 is 0.528 bits per heavy atom. The predicted octanol–water partition coefficient (Wildman–Crippen LogP) is 5.20. The van der Waals surface area contributed by atoms with Gasteiger partial charge in [0.1, 0.15) is 28.5 Å². The smallest absolute Gasteiger partial charge is 0.144 e. The Kier molecular flexibility index (Phi) is 17.5. The van der Waals surface area contributed by atoms with Crippen LogP contribution in [0.2, 0.25) is 0 Å². The second kappa shape index (κ2) is 17.2. The Balaban J connectivity index is 0. The minimum Gasteiger partial charge on any atom is -2.00 e. The van der Waals surface area contributed by atoms with E-state index in [1.165, 1.54) is 21.2 Å². The Bertz CT molecular complexity index is 957. The van der Waals surface area contributed by atoms with Crippen LogP contribution in [0.5, 0.6) is 0 Å². The normalized spacial score (nSPS) is 9.97. The molecular formula is C30H31MoOPS3-6. The van der Waals surface area contributed by atoms with Gasteiger partial charge in [0.25, 0.3) is 0 Å². The van der Waals surface area contributed by atoms with E-state index < -0.39 is 7.26 Å². The van der Waals surface area contributed by atoms with Crippen molar-refractivity contribution in [2.24, 2.45) is 5.41 Å². The molecule has 0 amide bonds. The minimum absolute atomic E-state index is 0. The van der Waals surface area contributed by atoms with E-state index in [0.29, 0.717) is 0 Å². The molecule has 0 bridgehead atoms. The van der Waals surface area contributed by atoms with Crippen molar-refractivity contribution < 1.29 is 26.2 Å². The summed E-state index contributed by atoms with van der Waals surface area (Å²) in [5.41, 5.74) is -0.250. The summed E-state index contributed by atoms with van der Waals surface area (Å²) in [6, 6.07) is 43.8. The number of rotatable bonds is 4. The molecule has 1 nitrogen and oxygen atoms in total. The van der Waals surface area contributed by atoms with Gasteiger partial charge in [0.05, 0.1) is 0 Å². The Morgan fingerprint density at radius 2 is 0.694 bits per heavy atom. The Morgan fingerprint density at radius 3 is 0.833 bits per heavy atom. The number of benzene rings is 4. The molecule has 36 heavy (non-hydrogen) atoms. The fraction of sp³-hybridized carbons (Fsp3) is 0.133. The van der Waals surface area contributed by atoms with Crippen LogP contribution in [0, 0.1) is 5.41 Å². The van der Waals surface area contributed by atoms with Crippen LogP contribution in [-0.2, 0) is 61.6 Å². The largest absolute Gasteiger partial charge is 2.00 e. The van der Waals surface area contributed by atoms with Crippen molar-refractivity contribution in [2.45, 2.75) is 20.8 Å². The van der Waals surface area contributed by atoms with Gasteiger partial charge in [-0.2, -0.15) is 0 Å². The summed E-state index contributed by atoms with van der Waals surface area (Å²) in [5, 5.41) is 15.9. The van der Waals surface area contributed by atoms with Crippen LogP contribution in [0.25, 0.3) is 0 Å². The van der Waals surface area contributed by atoms with Crippen LogP contribution in [-0.4, -0.2) is 0 Å². The third kappa shape index (κ3) is 8.86. The van der Waals surface area contributed by atoms with Gasteiger partial charge < -0.3 is 45.6 Å². The second-order valence-corrected chi connectivity index (χ2v) is 12.1. The SMILES string of the molecule is C=C([O-])C(C)(C)C.[Mo].[S-2].[S-2].[S-2].c1ccc([P+](c2ccccc2)(c2ccccc2)c2ccccc2)cc1. The molecule has 0 N–H and O–H groups in total. The van der Waals surface area contributed by atoms with Crippen molar-refractivity contribution in [3.63, 3.8) is 0 Å². The average molecular weight is 631 g/mol. The Labute approximate surface area is 253 Å². The van der Waals surface area contributed by atoms with Crippen LogP contribution in [0.1, 0.15) is 20.8 Å². The van der Waals surface area contributed by atoms with Gasteiger partial charge in [-0.3, -0.25) is 0 Å². The maximum atomic E-state index is 10.4. The molecule has 0 saturated carbocycles. The summed E-state index contributed by atoms with van der Waals surface area (Å²) in [5.74, 6) is -0.00694. The molecular weight excluding hydrogens is 599 g/mol. The van der Waals surface area contributed by atoms with Gasteiger partial charge in [0.2, 0.25) is 0 Å². The summed E-state index contributed by atoms with van der Waals surface area (Å²) in [6.45, 7) is 8.82. The van der Waals surface area contributed by atoms with E-state index in [4.69, 9.17) is 0 Å². The van der Waals surface area contributed by atoms with E-state index in [1.54, 1.807) is 0 Å². The van der Waals surface area contributed by atoms with Gasteiger partial charge in [0, 0.05) is 21.1 Å². The van der Waals surface area contributed by atoms with Gasteiger partial charge in [-0.15, -0.1) is 12.3 Å². The van der Waals surface area contributed by atoms with Gasteiger partial charge >= 0.3 is 0 Å². The van der Waals surface area contributed by atoms with Crippen LogP contribution < -0.4 is 26.3 Å². The zero-order chi connectivity index (χ0) is 23.0. The van der Waals surface area contributed by atoms with Gasteiger partial charge in [-0.05, 0) is 53.9 Å². The van der Waals surface area contributed by atoms with Crippen molar-refractivity contribution in [3.05, 3.63) is 134 Å². The number of hydrogen-bond donors (Lipinski definition) is 0. The molecule has 0 radical (unpaired) electrons. The molecule has 0 aromatic heterocycles. The third-order valence-corrected chi connectivity index (χ3v) is 9.70. The van der Waals surface area contributed by atoms with Crippen molar-refractivity contribution in [1.29, 1.82) is 0 Å². The maximum Gasteiger partial charge on any atom is 0.144 e. The molecule has 0 spiro atoms. The van der Waals surface area contributed by atoms with Gasteiger partial charge in [-0.1, -0.05) is 93.6 Å². The van der Waals surface area contributed by atoms with Gasteiger partial charge in [-0.25, -0.2) is 0 Å². The van der Waals surface area contributed by atoms with Crippen molar-refractivity contribution in [2.75, 3.05) is 0 Å². The molecule has 0 heterocycles.